The van der Waals surface area contributed by atoms with Gasteiger partial charge < -0.3 is 4.74 Å². The highest BCUT2D eigenvalue weighted by Crippen LogP contribution is 1.96. The molecule has 0 fully saturated rings. The Hall–Kier alpha value is -1.37. The van der Waals surface area contributed by atoms with Gasteiger partial charge in [0.25, 0.3) is 0 Å². The molecule has 4 nitrogen and oxygen atoms in total. The van der Waals surface area contributed by atoms with E-state index in [1.807, 2.05) is 13.0 Å². The van der Waals surface area contributed by atoms with Crippen LogP contribution in [-0.2, 0) is 9.53 Å². The molecule has 0 amide bonds. The van der Waals surface area contributed by atoms with Crippen LogP contribution in [0.4, 0.5) is 0 Å². The van der Waals surface area contributed by atoms with Gasteiger partial charge in [0.1, 0.15) is 6.61 Å². The van der Waals surface area contributed by atoms with Crippen LogP contribution in [-0.4, -0.2) is 24.8 Å². The first-order valence-corrected chi connectivity index (χ1v) is 5.08. The van der Waals surface area contributed by atoms with Crippen molar-refractivity contribution >= 4 is 11.7 Å². The summed E-state index contributed by atoms with van der Waals surface area (Å²) in [5, 5.41) is 8.24. The standard InChI is InChI=1S/C11H18N2O2/c1-9(2)8-13-10(3)7-11(14)15-6-4-5-12/h9H,4,6-8H2,1-3H3. The van der Waals surface area contributed by atoms with Crippen molar-refractivity contribution in [2.24, 2.45) is 10.9 Å². The average Bonchev–Trinajstić information content (AvgIpc) is 2.15. The quantitative estimate of drug-likeness (QED) is 0.382. The van der Waals surface area contributed by atoms with Gasteiger partial charge in [-0.2, -0.15) is 5.26 Å². The van der Waals surface area contributed by atoms with Crippen molar-refractivity contribution in [1.29, 1.82) is 5.26 Å². The molecule has 0 aliphatic carbocycles. The van der Waals surface area contributed by atoms with Gasteiger partial charge in [0.05, 0.1) is 18.9 Å². The van der Waals surface area contributed by atoms with Crippen LogP contribution in [0.2, 0.25) is 0 Å². The first kappa shape index (κ1) is 13.6. The van der Waals surface area contributed by atoms with Crippen molar-refractivity contribution < 1.29 is 9.53 Å². The molecule has 0 spiro atoms. The summed E-state index contributed by atoms with van der Waals surface area (Å²) < 4.78 is 4.82. The zero-order valence-corrected chi connectivity index (χ0v) is 9.62. The number of carbonyl (C=O) groups is 1. The fourth-order valence-corrected chi connectivity index (χ4v) is 0.865. The minimum Gasteiger partial charge on any atom is -0.464 e. The van der Waals surface area contributed by atoms with Crippen molar-refractivity contribution in [2.75, 3.05) is 13.2 Å². The van der Waals surface area contributed by atoms with Gasteiger partial charge in [-0.1, -0.05) is 13.8 Å². The van der Waals surface area contributed by atoms with Crippen LogP contribution in [0.1, 0.15) is 33.6 Å². The Bertz CT molecular complexity index is 264. The summed E-state index contributed by atoms with van der Waals surface area (Å²) in [6.45, 7) is 6.86. The van der Waals surface area contributed by atoms with E-state index in [-0.39, 0.29) is 25.4 Å². The monoisotopic (exact) mass is 210 g/mol. The van der Waals surface area contributed by atoms with Crippen LogP contribution in [0.3, 0.4) is 0 Å². The second kappa shape index (κ2) is 7.98. The molecule has 0 heterocycles. The van der Waals surface area contributed by atoms with Crippen LogP contribution in [0.5, 0.6) is 0 Å². The van der Waals surface area contributed by atoms with Crippen molar-refractivity contribution in [1.82, 2.24) is 0 Å². The summed E-state index contributed by atoms with van der Waals surface area (Å²) in [6.07, 6.45) is 0.464. The van der Waals surface area contributed by atoms with Crippen LogP contribution >= 0.6 is 0 Å². The Morgan fingerprint density at radius 1 is 1.53 bits per heavy atom. The first-order valence-electron chi connectivity index (χ1n) is 5.08. The van der Waals surface area contributed by atoms with Crippen LogP contribution in [0, 0.1) is 17.2 Å². The number of nitriles is 1. The van der Waals surface area contributed by atoms with E-state index in [4.69, 9.17) is 10.00 Å². The molecular weight excluding hydrogens is 192 g/mol. The molecule has 0 aromatic carbocycles. The van der Waals surface area contributed by atoms with Gasteiger partial charge >= 0.3 is 5.97 Å². The summed E-state index contributed by atoms with van der Waals surface area (Å²) in [5.74, 6) is 0.185. The van der Waals surface area contributed by atoms with E-state index < -0.39 is 0 Å². The summed E-state index contributed by atoms with van der Waals surface area (Å²) in [4.78, 5) is 15.4. The highest BCUT2D eigenvalue weighted by atomic mass is 16.5. The van der Waals surface area contributed by atoms with Gasteiger partial charge in [-0.25, -0.2) is 0 Å². The van der Waals surface area contributed by atoms with Gasteiger partial charge in [0.2, 0.25) is 0 Å². The van der Waals surface area contributed by atoms with E-state index in [1.54, 1.807) is 0 Å². The Morgan fingerprint density at radius 3 is 2.73 bits per heavy atom. The second-order valence-corrected chi connectivity index (χ2v) is 3.78. The number of ether oxygens (including phenoxy) is 1. The number of hydrogen-bond acceptors (Lipinski definition) is 4. The number of nitrogens with zero attached hydrogens (tertiary/aromatic N) is 2. The van der Waals surface area contributed by atoms with Crippen molar-refractivity contribution in [3.8, 4) is 6.07 Å². The molecule has 4 heteroatoms. The molecule has 0 atom stereocenters. The third kappa shape index (κ3) is 8.95. The number of aliphatic imine (C=N–C) groups is 1. The van der Waals surface area contributed by atoms with E-state index in [0.717, 1.165) is 12.3 Å². The van der Waals surface area contributed by atoms with E-state index in [9.17, 15) is 4.79 Å². The van der Waals surface area contributed by atoms with E-state index in [0.29, 0.717) is 5.92 Å². The van der Waals surface area contributed by atoms with Gasteiger partial charge in [-0.3, -0.25) is 9.79 Å². The van der Waals surface area contributed by atoms with Crippen LogP contribution in [0.15, 0.2) is 4.99 Å². The molecule has 0 radical (unpaired) electrons. The molecule has 15 heavy (non-hydrogen) atoms. The first-order chi connectivity index (χ1) is 7.06. The largest absolute Gasteiger partial charge is 0.464 e. The fraction of sp³-hybridized carbons (Fsp3) is 0.727. The lowest BCUT2D eigenvalue weighted by molar-refractivity contribution is -0.141. The summed E-state index contributed by atoms with van der Waals surface area (Å²) in [7, 11) is 0. The van der Waals surface area contributed by atoms with E-state index >= 15 is 0 Å². The Labute approximate surface area is 91.0 Å². The molecule has 0 rings (SSSR count). The van der Waals surface area contributed by atoms with Crippen molar-refractivity contribution in [3.63, 3.8) is 0 Å². The number of hydrogen-bond donors (Lipinski definition) is 0. The second-order valence-electron chi connectivity index (χ2n) is 3.78. The van der Waals surface area contributed by atoms with E-state index in [1.165, 1.54) is 0 Å². The lowest BCUT2D eigenvalue weighted by atomic mass is 10.2. The molecule has 0 aliphatic heterocycles. The van der Waals surface area contributed by atoms with Crippen LogP contribution in [0.25, 0.3) is 0 Å². The van der Waals surface area contributed by atoms with Crippen molar-refractivity contribution in [2.45, 2.75) is 33.6 Å². The fourth-order valence-electron chi connectivity index (χ4n) is 0.865. The smallest absolute Gasteiger partial charge is 0.311 e. The Balaban J connectivity index is 3.76. The predicted molar refractivity (Wildman–Crippen MR) is 58.6 cm³/mol. The molecule has 0 aliphatic rings. The Morgan fingerprint density at radius 2 is 2.20 bits per heavy atom. The zero-order chi connectivity index (χ0) is 11.7. The Kier molecular flexibility index (Phi) is 7.25. The summed E-state index contributed by atoms with van der Waals surface area (Å²) >= 11 is 0. The lowest BCUT2D eigenvalue weighted by Gasteiger charge is -2.03. The number of esters is 1. The number of carbonyl (C=O) groups excluding carboxylic acids is 1. The van der Waals surface area contributed by atoms with E-state index in [2.05, 4.69) is 18.8 Å². The molecule has 84 valence electrons. The maximum absolute atomic E-state index is 11.2. The highest BCUT2D eigenvalue weighted by molar-refractivity contribution is 5.97. The SMILES string of the molecule is CC(CC(=O)OCCC#N)=NCC(C)C. The molecule has 0 aromatic heterocycles. The lowest BCUT2D eigenvalue weighted by Crippen LogP contribution is -2.10. The molecule has 0 saturated carbocycles. The van der Waals surface area contributed by atoms with Gasteiger partial charge in [-0.05, 0) is 12.8 Å². The highest BCUT2D eigenvalue weighted by Gasteiger charge is 2.04. The average molecular weight is 210 g/mol. The zero-order valence-electron chi connectivity index (χ0n) is 9.62. The molecule has 0 saturated heterocycles. The molecule has 0 aromatic rings. The third-order valence-corrected chi connectivity index (χ3v) is 1.60. The van der Waals surface area contributed by atoms with Crippen LogP contribution < -0.4 is 0 Å². The topological polar surface area (TPSA) is 62.5 Å². The summed E-state index contributed by atoms with van der Waals surface area (Å²) in [5.41, 5.74) is 0.783. The molecule has 0 N–H and O–H groups in total. The normalized spacial score (nSPS) is 11.3. The minimum absolute atomic E-state index is 0.173. The maximum Gasteiger partial charge on any atom is 0.311 e. The number of rotatable bonds is 6. The molecular formula is C11H18N2O2. The van der Waals surface area contributed by atoms with Gasteiger partial charge in [0.15, 0.2) is 0 Å². The van der Waals surface area contributed by atoms with Crippen molar-refractivity contribution in [3.05, 3.63) is 0 Å². The summed E-state index contributed by atoms with van der Waals surface area (Å²) in [6, 6.07) is 1.91. The molecule has 0 unspecified atom stereocenters. The minimum atomic E-state index is -0.310. The predicted octanol–water partition coefficient (Wildman–Crippen LogP) is 1.95. The molecule has 0 bridgehead atoms. The van der Waals surface area contributed by atoms with Gasteiger partial charge in [0, 0.05) is 12.3 Å². The third-order valence-electron chi connectivity index (χ3n) is 1.60. The van der Waals surface area contributed by atoms with Gasteiger partial charge in [-0.15, -0.1) is 0 Å². The maximum atomic E-state index is 11.2.